The van der Waals surface area contributed by atoms with Crippen molar-refractivity contribution < 1.29 is 12.8 Å². The van der Waals surface area contributed by atoms with Gasteiger partial charge in [0.05, 0.1) is 4.47 Å². The molecule has 0 aliphatic heterocycles. The molecule has 2 heterocycles. The minimum Gasteiger partial charge on any atom is -0.450 e. The van der Waals surface area contributed by atoms with Gasteiger partial charge in [0.25, 0.3) is 0 Å². The van der Waals surface area contributed by atoms with E-state index >= 15 is 0 Å². The van der Waals surface area contributed by atoms with Crippen molar-refractivity contribution >= 4 is 25.8 Å². The van der Waals surface area contributed by atoms with Gasteiger partial charge in [0.2, 0.25) is 15.6 Å². The summed E-state index contributed by atoms with van der Waals surface area (Å²) < 4.78 is 29.6. The Morgan fingerprint density at radius 1 is 1.39 bits per heavy atom. The predicted octanol–water partition coefficient (Wildman–Crippen LogP) is 2.28. The van der Waals surface area contributed by atoms with Gasteiger partial charge in [-0.15, -0.1) is 0 Å². The molecule has 2 rings (SSSR count). The van der Waals surface area contributed by atoms with Crippen LogP contribution in [0.25, 0.3) is 0 Å². The third kappa shape index (κ3) is 2.60. The lowest BCUT2D eigenvalue weighted by atomic mass is 10.4. The van der Waals surface area contributed by atoms with Crippen LogP contribution < -0.4 is 0 Å². The highest BCUT2D eigenvalue weighted by Crippen LogP contribution is 2.23. The summed E-state index contributed by atoms with van der Waals surface area (Å²) in [6.45, 7) is 0. The van der Waals surface area contributed by atoms with Crippen LogP contribution >= 0.6 is 15.9 Å². The Morgan fingerprint density at radius 3 is 2.78 bits per heavy atom. The molecule has 2 aromatic heterocycles. The van der Waals surface area contributed by atoms with Crippen LogP contribution in [0.5, 0.6) is 0 Å². The maximum Gasteiger partial charge on any atom is 0.203 e. The lowest BCUT2D eigenvalue weighted by Crippen LogP contribution is -2.07. The Morgan fingerprint density at radius 2 is 2.17 bits per heavy atom. The molecule has 5 nitrogen and oxygen atoms in total. The minimum absolute atomic E-state index is 0.0418. The third-order valence-corrected chi connectivity index (χ3v) is 4.60. The first-order valence-electron chi connectivity index (χ1n) is 4.85. The Balaban J connectivity index is 2.34. The fourth-order valence-corrected chi connectivity index (χ4v) is 3.62. The van der Waals surface area contributed by atoms with Gasteiger partial charge in [-0.1, -0.05) is 0 Å². The lowest BCUT2D eigenvalue weighted by Gasteiger charge is -2.03. The van der Waals surface area contributed by atoms with Crippen LogP contribution in [0.15, 0.2) is 44.4 Å². The van der Waals surface area contributed by atoms with Gasteiger partial charge in [0.15, 0.2) is 5.03 Å². The first-order chi connectivity index (χ1) is 8.53. The molecular formula is C11H7BrN2O3S. The van der Waals surface area contributed by atoms with E-state index in [-0.39, 0.29) is 22.3 Å². The number of nitrogens with zero attached hydrogens (tertiary/aromatic N) is 2. The van der Waals surface area contributed by atoms with Gasteiger partial charge in [0, 0.05) is 6.20 Å². The monoisotopic (exact) mass is 326 g/mol. The van der Waals surface area contributed by atoms with Gasteiger partial charge in [-0.25, -0.2) is 13.4 Å². The maximum atomic E-state index is 12.1. The highest BCUT2D eigenvalue weighted by Gasteiger charge is 2.21. The van der Waals surface area contributed by atoms with E-state index in [0.717, 1.165) is 0 Å². The Labute approximate surface area is 112 Å². The van der Waals surface area contributed by atoms with Crippen molar-refractivity contribution in [3.63, 3.8) is 0 Å². The van der Waals surface area contributed by atoms with Gasteiger partial charge in [-0.2, -0.15) is 5.26 Å². The summed E-state index contributed by atoms with van der Waals surface area (Å²) in [4.78, 5) is 3.83. The number of hydrogen-bond acceptors (Lipinski definition) is 5. The molecule has 0 aliphatic rings. The summed E-state index contributed by atoms with van der Waals surface area (Å²) in [6, 6.07) is 7.92. The van der Waals surface area contributed by atoms with E-state index in [2.05, 4.69) is 20.9 Å². The van der Waals surface area contributed by atoms with Crippen molar-refractivity contribution in [2.75, 3.05) is 0 Å². The Kier molecular flexibility index (Phi) is 3.50. The molecule has 0 saturated carbocycles. The van der Waals surface area contributed by atoms with Crippen LogP contribution in [-0.4, -0.2) is 13.4 Å². The molecule has 0 fully saturated rings. The molecule has 0 aromatic carbocycles. The number of nitriles is 1. The molecule has 0 N–H and O–H groups in total. The molecule has 0 aliphatic carbocycles. The molecule has 0 radical (unpaired) electrons. The van der Waals surface area contributed by atoms with Crippen molar-refractivity contribution in [2.24, 2.45) is 0 Å². The number of halogens is 1. The van der Waals surface area contributed by atoms with Crippen LogP contribution in [0.3, 0.4) is 0 Å². The van der Waals surface area contributed by atoms with Gasteiger partial charge in [-0.05, 0) is 40.2 Å². The Hall–Kier alpha value is -1.65. The lowest BCUT2D eigenvalue weighted by molar-refractivity contribution is 0.509. The average Bonchev–Trinajstić information content (AvgIpc) is 2.76. The van der Waals surface area contributed by atoms with Crippen LogP contribution in [0.4, 0.5) is 0 Å². The second kappa shape index (κ2) is 4.92. The number of furan rings is 1. The van der Waals surface area contributed by atoms with Crippen LogP contribution in [-0.2, 0) is 15.6 Å². The summed E-state index contributed by atoms with van der Waals surface area (Å²) in [5, 5.41) is 8.56. The number of pyridine rings is 1. The van der Waals surface area contributed by atoms with Gasteiger partial charge < -0.3 is 4.42 Å². The SMILES string of the molecule is N#Cc1ccc(CS(=O)(=O)c2ncccc2Br)o1. The van der Waals surface area contributed by atoms with Crippen molar-refractivity contribution in [3.05, 3.63) is 46.5 Å². The summed E-state index contributed by atoms with van der Waals surface area (Å²) in [7, 11) is -3.60. The zero-order valence-corrected chi connectivity index (χ0v) is 11.4. The molecule has 2 aromatic rings. The predicted molar refractivity (Wildman–Crippen MR) is 66.2 cm³/mol. The van der Waals surface area contributed by atoms with Crippen LogP contribution in [0.1, 0.15) is 11.5 Å². The quantitative estimate of drug-likeness (QED) is 0.863. The molecule has 0 amide bonds. The zero-order chi connectivity index (χ0) is 13.2. The maximum absolute atomic E-state index is 12.1. The van der Waals surface area contributed by atoms with Crippen molar-refractivity contribution in [2.45, 2.75) is 10.8 Å². The van der Waals surface area contributed by atoms with E-state index in [1.807, 2.05) is 0 Å². The zero-order valence-electron chi connectivity index (χ0n) is 9.00. The van der Waals surface area contributed by atoms with Crippen molar-refractivity contribution in [1.29, 1.82) is 5.26 Å². The van der Waals surface area contributed by atoms with Crippen molar-refractivity contribution in [1.82, 2.24) is 4.98 Å². The molecule has 92 valence electrons. The smallest absolute Gasteiger partial charge is 0.203 e. The second-order valence-corrected chi connectivity index (χ2v) is 6.19. The van der Waals surface area contributed by atoms with Crippen molar-refractivity contribution in [3.8, 4) is 6.07 Å². The van der Waals surface area contributed by atoms with E-state index in [0.29, 0.717) is 4.47 Å². The fourth-order valence-electron chi connectivity index (χ4n) is 1.37. The van der Waals surface area contributed by atoms with Gasteiger partial charge >= 0.3 is 0 Å². The summed E-state index contributed by atoms with van der Waals surface area (Å²) in [5.41, 5.74) is 0. The van der Waals surface area contributed by atoms with E-state index in [1.165, 1.54) is 18.3 Å². The number of hydrogen-bond donors (Lipinski definition) is 0. The minimum atomic E-state index is -3.60. The van der Waals surface area contributed by atoms with E-state index in [9.17, 15) is 8.42 Å². The second-order valence-electron chi connectivity index (χ2n) is 3.43. The molecule has 0 spiro atoms. The number of sulfone groups is 1. The highest BCUT2D eigenvalue weighted by atomic mass is 79.9. The molecular weight excluding hydrogens is 320 g/mol. The summed E-state index contributed by atoms with van der Waals surface area (Å²) in [5.74, 6) is -0.0333. The molecule has 0 bridgehead atoms. The molecule has 0 saturated heterocycles. The van der Waals surface area contributed by atoms with Crippen LogP contribution in [0.2, 0.25) is 0 Å². The molecule has 18 heavy (non-hydrogen) atoms. The van der Waals surface area contributed by atoms with Gasteiger partial charge in [-0.3, -0.25) is 0 Å². The topological polar surface area (TPSA) is 84.0 Å². The first kappa shape index (κ1) is 12.8. The number of aromatic nitrogens is 1. The third-order valence-electron chi connectivity index (χ3n) is 2.12. The standard InChI is InChI=1S/C11H7BrN2O3S/c12-10-2-1-5-14-11(10)18(15,16)7-9-4-3-8(6-13)17-9/h1-5H,7H2. The van der Waals surface area contributed by atoms with E-state index in [4.69, 9.17) is 9.68 Å². The van der Waals surface area contributed by atoms with Gasteiger partial charge in [0.1, 0.15) is 17.6 Å². The Bertz CT molecular complexity index is 716. The highest BCUT2D eigenvalue weighted by molar-refractivity contribution is 9.10. The summed E-state index contributed by atoms with van der Waals surface area (Å²) in [6.07, 6.45) is 1.40. The van der Waals surface area contributed by atoms with Crippen LogP contribution in [0, 0.1) is 11.3 Å². The largest absolute Gasteiger partial charge is 0.450 e. The average molecular weight is 327 g/mol. The molecule has 0 atom stereocenters. The van der Waals surface area contributed by atoms with E-state index in [1.54, 1.807) is 18.2 Å². The van der Waals surface area contributed by atoms with E-state index < -0.39 is 9.84 Å². The fraction of sp³-hybridized carbons (Fsp3) is 0.0909. The number of rotatable bonds is 3. The molecule has 7 heteroatoms. The normalized spacial score (nSPS) is 11.1. The summed E-state index contributed by atoms with van der Waals surface area (Å²) >= 11 is 3.14. The first-order valence-corrected chi connectivity index (χ1v) is 7.29. The molecule has 0 unspecified atom stereocenters.